The Morgan fingerprint density at radius 1 is 1.00 bits per heavy atom. The first-order valence-corrected chi connectivity index (χ1v) is 8.16. The largest absolute Gasteiger partial charge is 0.307 e. The van der Waals surface area contributed by atoms with Gasteiger partial charge in [0.05, 0.1) is 0 Å². The highest BCUT2D eigenvalue weighted by molar-refractivity contribution is 5.25. The van der Waals surface area contributed by atoms with Crippen molar-refractivity contribution in [3.05, 3.63) is 35.4 Å². The molecule has 1 aromatic carbocycles. The van der Waals surface area contributed by atoms with E-state index >= 15 is 0 Å². The van der Waals surface area contributed by atoms with Gasteiger partial charge in [0.1, 0.15) is 0 Å². The van der Waals surface area contributed by atoms with E-state index < -0.39 is 0 Å². The number of benzene rings is 1. The SMILES string of the molecule is CCc1ccc(C(CC)NC(C2CC2)C2CC2)cc1. The maximum atomic E-state index is 3.98. The molecule has 1 aromatic rings. The van der Waals surface area contributed by atoms with Gasteiger partial charge in [-0.25, -0.2) is 0 Å². The van der Waals surface area contributed by atoms with Crippen LogP contribution in [0.3, 0.4) is 0 Å². The van der Waals surface area contributed by atoms with Crippen molar-refractivity contribution in [1.29, 1.82) is 0 Å². The summed E-state index contributed by atoms with van der Waals surface area (Å²) in [5.41, 5.74) is 2.92. The zero-order valence-electron chi connectivity index (χ0n) is 12.4. The van der Waals surface area contributed by atoms with Gasteiger partial charge in [0, 0.05) is 12.1 Å². The molecule has 1 atom stereocenters. The summed E-state index contributed by atoms with van der Waals surface area (Å²) in [5.74, 6) is 1.97. The molecule has 2 aliphatic carbocycles. The average molecular weight is 257 g/mol. The van der Waals surface area contributed by atoms with Gasteiger partial charge in [0.25, 0.3) is 0 Å². The van der Waals surface area contributed by atoms with E-state index in [1.165, 1.54) is 43.2 Å². The fraction of sp³-hybridized carbons (Fsp3) is 0.667. The zero-order chi connectivity index (χ0) is 13.2. The normalized spacial score (nSPS) is 20.8. The number of aryl methyl sites for hydroxylation is 1. The fourth-order valence-corrected chi connectivity index (χ4v) is 3.24. The minimum Gasteiger partial charge on any atom is -0.307 e. The van der Waals surface area contributed by atoms with E-state index in [1.807, 2.05) is 0 Å². The molecule has 0 radical (unpaired) electrons. The summed E-state index contributed by atoms with van der Waals surface area (Å²) in [4.78, 5) is 0. The lowest BCUT2D eigenvalue weighted by molar-refractivity contribution is 0.359. The van der Waals surface area contributed by atoms with Crippen molar-refractivity contribution >= 4 is 0 Å². The standard InChI is InChI=1S/C18H27N/c1-3-13-5-7-14(8-6-13)17(4-2)19-18(15-9-10-15)16-11-12-16/h5-8,15-19H,3-4,9-12H2,1-2H3. The van der Waals surface area contributed by atoms with E-state index in [1.54, 1.807) is 0 Å². The summed E-state index contributed by atoms with van der Waals surface area (Å²) in [6.07, 6.45) is 8.16. The second-order valence-corrected chi connectivity index (χ2v) is 6.42. The van der Waals surface area contributed by atoms with Crippen molar-refractivity contribution < 1.29 is 0 Å². The van der Waals surface area contributed by atoms with Crippen LogP contribution in [0, 0.1) is 11.8 Å². The molecule has 1 nitrogen and oxygen atoms in total. The Labute approximate surface area is 117 Å². The smallest absolute Gasteiger partial charge is 0.0320 e. The third kappa shape index (κ3) is 3.20. The van der Waals surface area contributed by atoms with Crippen molar-refractivity contribution in [2.75, 3.05) is 0 Å². The summed E-state index contributed by atoms with van der Waals surface area (Å²) >= 11 is 0. The number of nitrogens with one attached hydrogen (secondary N) is 1. The van der Waals surface area contributed by atoms with E-state index in [9.17, 15) is 0 Å². The molecule has 0 aromatic heterocycles. The second kappa shape index (κ2) is 5.66. The predicted molar refractivity (Wildman–Crippen MR) is 81.2 cm³/mol. The van der Waals surface area contributed by atoms with E-state index in [0.717, 1.165) is 24.3 Å². The van der Waals surface area contributed by atoms with E-state index in [-0.39, 0.29) is 0 Å². The molecule has 104 valence electrons. The van der Waals surface area contributed by atoms with Crippen molar-refractivity contribution in [3.63, 3.8) is 0 Å². The molecule has 0 saturated heterocycles. The molecule has 1 heteroatoms. The van der Waals surface area contributed by atoms with Gasteiger partial charge in [0.2, 0.25) is 0 Å². The molecular formula is C18H27N. The summed E-state index contributed by atoms with van der Waals surface area (Å²) in [6, 6.07) is 10.6. The van der Waals surface area contributed by atoms with Crippen molar-refractivity contribution in [2.45, 2.75) is 64.5 Å². The minimum atomic E-state index is 0.553. The molecule has 3 rings (SSSR count). The number of hydrogen-bond donors (Lipinski definition) is 1. The van der Waals surface area contributed by atoms with Crippen LogP contribution in [-0.4, -0.2) is 6.04 Å². The van der Waals surface area contributed by atoms with Gasteiger partial charge in [-0.2, -0.15) is 0 Å². The molecule has 2 aliphatic rings. The quantitative estimate of drug-likeness (QED) is 0.759. The molecule has 0 bridgehead atoms. The van der Waals surface area contributed by atoms with E-state index in [4.69, 9.17) is 0 Å². The first-order chi connectivity index (χ1) is 9.31. The minimum absolute atomic E-state index is 0.553. The van der Waals surface area contributed by atoms with Crippen LogP contribution in [0.15, 0.2) is 24.3 Å². The summed E-state index contributed by atoms with van der Waals surface area (Å²) < 4.78 is 0. The first kappa shape index (κ1) is 13.2. The second-order valence-electron chi connectivity index (χ2n) is 6.42. The molecule has 1 N–H and O–H groups in total. The van der Waals surface area contributed by atoms with Crippen LogP contribution in [0.4, 0.5) is 0 Å². The Kier molecular flexibility index (Phi) is 3.93. The zero-order valence-corrected chi connectivity index (χ0v) is 12.4. The number of rotatable bonds is 7. The van der Waals surface area contributed by atoms with Gasteiger partial charge in [-0.15, -0.1) is 0 Å². The van der Waals surface area contributed by atoms with Crippen molar-refractivity contribution in [2.24, 2.45) is 11.8 Å². The van der Waals surface area contributed by atoms with Crippen LogP contribution < -0.4 is 5.32 Å². The average Bonchev–Trinajstić information content (AvgIpc) is 3.32. The summed E-state index contributed by atoms with van der Waals surface area (Å²) in [7, 11) is 0. The number of hydrogen-bond acceptors (Lipinski definition) is 1. The summed E-state index contributed by atoms with van der Waals surface area (Å²) in [5, 5.41) is 3.98. The van der Waals surface area contributed by atoms with Crippen molar-refractivity contribution in [3.8, 4) is 0 Å². The summed E-state index contributed by atoms with van der Waals surface area (Å²) in [6.45, 7) is 4.53. The monoisotopic (exact) mass is 257 g/mol. The Balaban J connectivity index is 1.67. The Hall–Kier alpha value is -0.820. The molecule has 2 fully saturated rings. The van der Waals surface area contributed by atoms with E-state index in [2.05, 4.69) is 43.4 Å². The van der Waals surface area contributed by atoms with Gasteiger partial charge in [-0.1, -0.05) is 38.1 Å². The van der Waals surface area contributed by atoms with Gasteiger partial charge < -0.3 is 5.32 Å². The lowest BCUT2D eigenvalue weighted by Crippen LogP contribution is -2.36. The van der Waals surface area contributed by atoms with Crippen LogP contribution in [-0.2, 0) is 6.42 Å². The Morgan fingerprint density at radius 3 is 2.00 bits per heavy atom. The lowest BCUT2D eigenvalue weighted by atomic mass is 9.98. The van der Waals surface area contributed by atoms with Crippen LogP contribution >= 0.6 is 0 Å². The van der Waals surface area contributed by atoms with Crippen LogP contribution in [0.5, 0.6) is 0 Å². The third-order valence-electron chi connectivity index (χ3n) is 4.85. The molecule has 0 heterocycles. The van der Waals surface area contributed by atoms with Gasteiger partial charge in [-0.05, 0) is 61.5 Å². The molecule has 0 spiro atoms. The van der Waals surface area contributed by atoms with Crippen LogP contribution in [0.2, 0.25) is 0 Å². The maximum absolute atomic E-state index is 3.98. The molecule has 19 heavy (non-hydrogen) atoms. The van der Waals surface area contributed by atoms with Gasteiger partial charge in [-0.3, -0.25) is 0 Å². The topological polar surface area (TPSA) is 12.0 Å². The molecule has 1 unspecified atom stereocenters. The lowest BCUT2D eigenvalue weighted by Gasteiger charge is -2.25. The highest BCUT2D eigenvalue weighted by Crippen LogP contribution is 2.45. The Morgan fingerprint density at radius 2 is 1.58 bits per heavy atom. The Bertz CT molecular complexity index is 388. The van der Waals surface area contributed by atoms with E-state index in [0.29, 0.717) is 6.04 Å². The highest BCUT2D eigenvalue weighted by Gasteiger charge is 2.41. The maximum Gasteiger partial charge on any atom is 0.0320 e. The highest BCUT2D eigenvalue weighted by atomic mass is 15.0. The van der Waals surface area contributed by atoms with Crippen LogP contribution in [0.1, 0.15) is 63.1 Å². The predicted octanol–water partition coefficient (Wildman–Crippen LogP) is 4.48. The molecule has 0 aliphatic heterocycles. The molecule has 2 saturated carbocycles. The van der Waals surface area contributed by atoms with Gasteiger partial charge >= 0.3 is 0 Å². The molecule has 0 amide bonds. The first-order valence-electron chi connectivity index (χ1n) is 8.16. The van der Waals surface area contributed by atoms with Gasteiger partial charge in [0.15, 0.2) is 0 Å². The fourth-order valence-electron chi connectivity index (χ4n) is 3.24. The third-order valence-corrected chi connectivity index (χ3v) is 4.85. The van der Waals surface area contributed by atoms with Crippen molar-refractivity contribution in [1.82, 2.24) is 5.32 Å². The molecular weight excluding hydrogens is 230 g/mol. The van der Waals surface area contributed by atoms with Crippen LogP contribution in [0.25, 0.3) is 0 Å².